The molecule has 0 bridgehead atoms. The molecule has 220 valence electrons. The summed E-state index contributed by atoms with van der Waals surface area (Å²) < 4.78 is 25.1. The predicted molar refractivity (Wildman–Crippen MR) is 157 cm³/mol. The standard InChI is InChI=1S/C32H41FN4O4/c1-7-32(5,6)41-28(29(38)39)26-21(2)34-20-25(27(26)37-15-13-31(3,4)14-16-37)23-18-35-30(36-19-23)40-17-12-22-8-10-24(33)11-9-22/h8-11,18-20,28H,7,12-17H2,1-6H3,(H,38,39). The Bertz CT molecular complexity index is 1330. The highest BCUT2D eigenvalue weighted by Crippen LogP contribution is 2.43. The molecule has 41 heavy (non-hydrogen) atoms. The number of nitrogens with zero attached hydrogens (tertiary/aromatic N) is 4. The van der Waals surface area contributed by atoms with Gasteiger partial charge >= 0.3 is 12.0 Å². The van der Waals surface area contributed by atoms with Crippen LogP contribution in [0.2, 0.25) is 0 Å². The van der Waals surface area contributed by atoms with E-state index in [1.54, 1.807) is 30.7 Å². The van der Waals surface area contributed by atoms with Gasteiger partial charge in [-0.2, -0.15) is 0 Å². The lowest BCUT2D eigenvalue weighted by Crippen LogP contribution is -2.39. The van der Waals surface area contributed by atoms with Crippen molar-refractivity contribution in [3.63, 3.8) is 0 Å². The number of anilines is 1. The van der Waals surface area contributed by atoms with E-state index in [1.807, 2.05) is 27.7 Å². The SMILES string of the molecule is CCC(C)(C)OC(C(=O)O)c1c(C)ncc(-c2cnc(OCCc3ccc(F)cc3)nc2)c1N1CCC(C)(C)CC1. The van der Waals surface area contributed by atoms with Crippen LogP contribution in [0.15, 0.2) is 42.9 Å². The van der Waals surface area contributed by atoms with Crippen LogP contribution in [0.25, 0.3) is 11.1 Å². The summed E-state index contributed by atoms with van der Waals surface area (Å²) in [5.74, 6) is -1.32. The molecule has 0 radical (unpaired) electrons. The molecule has 1 aliphatic heterocycles. The molecule has 1 saturated heterocycles. The van der Waals surface area contributed by atoms with Crippen LogP contribution in [-0.4, -0.2) is 51.3 Å². The van der Waals surface area contributed by atoms with E-state index in [0.717, 1.165) is 42.7 Å². The fourth-order valence-electron chi connectivity index (χ4n) is 4.89. The van der Waals surface area contributed by atoms with E-state index in [-0.39, 0.29) is 17.2 Å². The Hall–Kier alpha value is -3.59. The minimum Gasteiger partial charge on any atom is -0.479 e. The van der Waals surface area contributed by atoms with Crippen molar-refractivity contribution < 1.29 is 23.8 Å². The van der Waals surface area contributed by atoms with Crippen LogP contribution in [-0.2, 0) is 16.0 Å². The monoisotopic (exact) mass is 564 g/mol. The Kier molecular flexibility index (Phi) is 9.27. The molecule has 1 N–H and O–H groups in total. The average Bonchev–Trinajstić information content (AvgIpc) is 2.93. The number of hydrogen-bond acceptors (Lipinski definition) is 7. The summed E-state index contributed by atoms with van der Waals surface area (Å²) in [4.78, 5) is 28.4. The zero-order chi connectivity index (χ0) is 29.8. The Morgan fingerprint density at radius 1 is 1.10 bits per heavy atom. The van der Waals surface area contributed by atoms with Crippen LogP contribution in [0.4, 0.5) is 10.1 Å². The van der Waals surface area contributed by atoms with Crippen molar-refractivity contribution in [1.29, 1.82) is 0 Å². The van der Waals surface area contributed by atoms with Crippen LogP contribution >= 0.6 is 0 Å². The highest BCUT2D eigenvalue weighted by Gasteiger charge is 2.36. The first kappa shape index (κ1) is 30.4. The lowest BCUT2D eigenvalue weighted by atomic mass is 9.82. The number of halogens is 1. The van der Waals surface area contributed by atoms with Gasteiger partial charge < -0.3 is 19.5 Å². The zero-order valence-corrected chi connectivity index (χ0v) is 24.9. The molecule has 0 spiro atoms. The minimum absolute atomic E-state index is 0.210. The molecule has 1 aliphatic rings. The number of rotatable bonds is 11. The number of carboxylic acids is 1. The molecule has 1 fully saturated rings. The van der Waals surface area contributed by atoms with E-state index in [4.69, 9.17) is 9.47 Å². The largest absolute Gasteiger partial charge is 0.479 e. The highest BCUT2D eigenvalue weighted by molar-refractivity contribution is 5.86. The first-order valence-corrected chi connectivity index (χ1v) is 14.2. The number of ether oxygens (including phenoxy) is 2. The van der Waals surface area contributed by atoms with Crippen molar-refractivity contribution in [1.82, 2.24) is 15.0 Å². The van der Waals surface area contributed by atoms with Crippen LogP contribution < -0.4 is 9.64 Å². The second kappa shape index (κ2) is 12.5. The lowest BCUT2D eigenvalue weighted by molar-refractivity contribution is -0.162. The van der Waals surface area contributed by atoms with E-state index >= 15 is 0 Å². The smallest absolute Gasteiger partial charge is 0.337 e. The van der Waals surface area contributed by atoms with E-state index < -0.39 is 17.7 Å². The number of aliphatic carboxylic acids is 1. The number of aromatic nitrogens is 3. The third-order valence-electron chi connectivity index (χ3n) is 7.97. The molecule has 0 saturated carbocycles. The van der Waals surface area contributed by atoms with E-state index in [1.165, 1.54) is 12.1 Å². The summed E-state index contributed by atoms with van der Waals surface area (Å²) in [7, 11) is 0. The second-order valence-corrected chi connectivity index (χ2v) is 12.1. The van der Waals surface area contributed by atoms with Gasteiger partial charge in [-0.05, 0) is 63.1 Å². The number of piperidine rings is 1. The second-order valence-electron chi connectivity index (χ2n) is 12.1. The van der Waals surface area contributed by atoms with Crippen molar-refractivity contribution in [3.05, 3.63) is 65.5 Å². The number of aryl methyl sites for hydroxylation is 1. The molecule has 4 rings (SSSR count). The van der Waals surface area contributed by atoms with Gasteiger partial charge in [-0.3, -0.25) is 4.98 Å². The molecule has 0 aliphatic carbocycles. The maximum Gasteiger partial charge on any atom is 0.337 e. The molecular weight excluding hydrogens is 523 g/mol. The van der Waals surface area contributed by atoms with Crippen molar-refractivity contribution in [2.24, 2.45) is 5.41 Å². The maximum atomic E-state index is 13.2. The summed E-state index contributed by atoms with van der Waals surface area (Å²) in [5.41, 5.74) is 3.99. The van der Waals surface area contributed by atoms with Crippen molar-refractivity contribution in [2.45, 2.75) is 78.9 Å². The Labute approximate surface area is 242 Å². The van der Waals surface area contributed by atoms with Gasteiger partial charge in [0.15, 0.2) is 6.10 Å². The summed E-state index contributed by atoms with van der Waals surface area (Å²) in [5, 5.41) is 10.4. The number of pyridine rings is 1. The number of benzene rings is 1. The van der Waals surface area contributed by atoms with Gasteiger partial charge in [0.2, 0.25) is 0 Å². The summed E-state index contributed by atoms with van der Waals surface area (Å²) in [6.45, 7) is 14.1. The zero-order valence-electron chi connectivity index (χ0n) is 24.9. The molecule has 1 unspecified atom stereocenters. The van der Waals surface area contributed by atoms with Gasteiger partial charge in [-0.1, -0.05) is 32.9 Å². The van der Waals surface area contributed by atoms with Crippen molar-refractivity contribution >= 4 is 11.7 Å². The Morgan fingerprint density at radius 2 is 1.73 bits per heavy atom. The van der Waals surface area contributed by atoms with Crippen LogP contribution in [0.5, 0.6) is 6.01 Å². The molecule has 3 aromatic rings. The third-order valence-corrected chi connectivity index (χ3v) is 7.97. The minimum atomic E-state index is -1.18. The number of carbonyl (C=O) groups is 1. The van der Waals surface area contributed by atoms with Crippen LogP contribution in [0.1, 0.15) is 76.8 Å². The van der Waals surface area contributed by atoms with Crippen molar-refractivity contribution in [3.8, 4) is 17.1 Å². The summed E-state index contributed by atoms with van der Waals surface area (Å²) in [6.07, 6.45) is 7.15. The number of hydrogen-bond donors (Lipinski definition) is 1. The number of carboxylic acid groups (broad SMARTS) is 1. The van der Waals surface area contributed by atoms with Gasteiger partial charge in [-0.25, -0.2) is 19.2 Å². The average molecular weight is 565 g/mol. The Morgan fingerprint density at radius 3 is 2.32 bits per heavy atom. The van der Waals surface area contributed by atoms with E-state index in [2.05, 4.69) is 33.7 Å². The van der Waals surface area contributed by atoms with Gasteiger partial charge in [-0.15, -0.1) is 0 Å². The molecular formula is C32H41FN4O4. The lowest BCUT2D eigenvalue weighted by Gasteiger charge is -2.41. The fourth-order valence-corrected chi connectivity index (χ4v) is 4.89. The van der Waals surface area contributed by atoms with Gasteiger partial charge in [0.1, 0.15) is 5.82 Å². The molecule has 9 heteroatoms. The normalized spacial score (nSPS) is 15.9. The molecule has 8 nitrogen and oxygen atoms in total. The molecule has 1 atom stereocenters. The first-order valence-electron chi connectivity index (χ1n) is 14.2. The Balaban J connectivity index is 1.68. The van der Waals surface area contributed by atoms with Crippen LogP contribution in [0.3, 0.4) is 0 Å². The first-order chi connectivity index (χ1) is 19.4. The topological polar surface area (TPSA) is 97.7 Å². The predicted octanol–water partition coefficient (Wildman–Crippen LogP) is 6.56. The third kappa shape index (κ3) is 7.58. The molecule has 2 aromatic heterocycles. The van der Waals surface area contributed by atoms with Crippen molar-refractivity contribution in [2.75, 3.05) is 24.6 Å². The molecule has 1 aromatic carbocycles. The summed E-state index contributed by atoms with van der Waals surface area (Å²) >= 11 is 0. The van der Waals surface area contributed by atoms with Gasteiger partial charge in [0.05, 0.1) is 17.9 Å². The molecule has 0 amide bonds. The fraction of sp³-hybridized carbons (Fsp3) is 0.500. The maximum absolute atomic E-state index is 13.2. The van der Waals surface area contributed by atoms with Gasteiger partial charge in [0.25, 0.3) is 0 Å². The van der Waals surface area contributed by atoms with Crippen LogP contribution in [0, 0.1) is 18.2 Å². The summed E-state index contributed by atoms with van der Waals surface area (Å²) in [6, 6.07) is 6.53. The highest BCUT2D eigenvalue weighted by atomic mass is 19.1. The quantitative estimate of drug-likeness (QED) is 0.279. The van der Waals surface area contributed by atoms with E-state index in [9.17, 15) is 14.3 Å². The van der Waals surface area contributed by atoms with Gasteiger partial charge in [0, 0.05) is 60.5 Å². The molecule has 3 heterocycles. The van der Waals surface area contributed by atoms with E-state index in [0.29, 0.717) is 36.3 Å².